The smallest absolute Gasteiger partial charge is 0.215 e. The highest BCUT2D eigenvalue weighted by Crippen LogP contribution is 2.10. The third-order valence-electron chi connectivity index (χ3n) is 3.10. The molecule has 18 heavy (non-hydrogen) atoms. The standard InChI is InChI=1S/C12H26N2O3S/c1-2-3-9-17-10-5-8-14-18(15,16)12-6-4-7-13-11-12/h12-14H,2-11H2,1H3. The van der Waals surface area contributed by atoms with Crippen LogP contribution in [-0.4, -0.2) is 46.5 Å². The second kappa shape index (κ2) is 8.85. The Morgan fingerprint density at radius 2 is 2.11 bits per heavy atom. The van der Waals surface area contributed by atoms with Crippen LogP contribution >= 0.6 is 0 Å². The van der Waals surface area contributed by atoms with Crippen molar-refractivity contribution in [3.05, 3.63) is 0 Å². The average Bonchev–Trinajstić information content (AvgIpc) is 2.39. The Morgan fingerprint density at radius 3 is 2.78 bits per heavy atom. The second-order valence-electron chi connectivity index (χ2n) is 4.73. The van der Waals surface area contributed by atoms with Gasteiger partial charge in [-0.05, 0) is 32.2 Å². The first-order valence-corrected chi connectivity index (χ1v) is 8.48. The van der Waals surface area contributed by atoms with Crippen LogP contribution in [0.2, 0.25) is 0 Å². The summed E-state index contributed by atoms with van der Waals surface area (Å²) in [5, 5.41) is 2.85. The van der Waals surface area contributed by atoms with Gasteiger partial charge in [0, 0.05) is 26.3 Å². The summed E-state index contributed by atoms with van der Waals surface area (Å²) in [6.45, 7) is 5.50. The Hall–Kier alpha value is -0.170. The number of sulfonamides is 1. The third kappa shape index (κ3) is 6.13. The zero-order valence-electron chi connectivity index (χ0n) is 11.3. The van der Waals surface area contributed by atoms with E-state index >= 15 is 0 Å². The molecule has 1 fully saturated rings. The molecule has 108 valence electrons. The summed E-state index contributed by atoms with van der Waals surface area (Å²) in [7, 11) is -3.15. The molecule has 0 aromatic rings. The Kier molecular flexibility index (Phi) is 7.81. The highest BCUT2D eigenvalue weighted by molar-refractivity contribution is 7.90. The van der Waals surface area contributed by atoms with Crippen molar-refractivity contribution in [2.45, 2.75) is 44.3 Å². The van der Waals surface area contributed by atoms with Crippen LogP contribution in [0, 0.1) is 0 Å². The zero-order valence-corrected chi connectivity index (χ0v) is 12.1. The predicted octanol–water partition coefficient (Wildman–Crippen LogP) is 0.865. The van der Waals surface area contributed by atoms with Gasteiger partial charge in [0.05, 0.1) is 5.25 Å². The van der Waals surface area contributed by atoms with Crippen LogP contribution in [0.1, 0.15) is 39.0 Å². The molecule has 1 heterocycles. The van der Waals surface area contributed by atoms with Gasteiger partial charge in [-0.15, -0.1) is 0 Å². The van der Waals surface area contributed by atoms with Gasteiger partial charge in [-0.1, -0.05) is 13.3 Å². The van der Waals surface area contributed by atoms with E-state index in [-0.39, 0.29) is 5.25 Å². The van der Waals surface area contributed by atoms with Gasteiger partial charge < -0.3 is 10.1 Å². The molecule has 2 N–H and O–H groups in total. The fourth-order valence-corrected chi connectivity index (χ4v) is 3.42. The highest BCUT2D eigenvalue weighted by Gasteiger charge is 2.26. The summed E-state index contributed by atoms with van der Waals surface area (Å²) in [5.74, 6) is 0. The first kappa shape index (κ1) is 15.9. The van der Waals surface area contributed by atoms with E-state index in [1.165, 1.54) is 0 Å². The van der Waals surface area contributed by atoms with E-state index in [9.17, 15) is 8.42 Å². The quantitative estimate of drug-likeness (QED) is 0.614. The van der Waals surface area contributed by atoms with E-state index in [1.54, 1.807) is 0 Å². The van der Waals surface area contributed by atoms with Crippen molar-refractivity contribution in [3.8, 4) is 0 Å². The SMILES string of the molecule is CCCCOCCCNS(=O)(=O)C1CCCNC1. The van der Waals surface area contributed by atoms with Gasteiger partial charge in [0.15, 0.2) is 0 Å². The summed E-state index contributed by atoms with van der Waals surface area (Å²) < 4.78 is 31.9. The van der Waals surface area contributed by atoms with Gasteiger partial charge in [0.25, 0.3) is 0 Å². The summed E-state index contributed by atoms with van der Waals surface area (Å²) in [6, 6.07) is 0. The molecule has 0 amide bonds. The van der Waals surface area contributed by atoms with Crippen molar-refractivity contribution in [2.75, 3.05) is 32.8 Å². The molecule has 0 saturated carbocycles. The normalized spacial score (nSPS) is 21.1. The van der Waals surface area contributed by atoms with Crippen molar-refractivity contribution in [1.82, 2.24) is 10.0 Å². The molecule has 6 heteroatoms. The summed E-state index contributed by atoms with van der Waals surface area (Å²) in [4.78, 5) is 0. The second-order valence-corrected chi connectivity index (χ2v) is 6.77. The molecule has 1 aliphatic heterocycles. The summed E-state index contributed by atoms with van der Waals surface area (Å²) in [5.41, 5.74) is 0. The van der Waals surface area contributed by atoms with Gasteiger partial charge in [0.2, 0.25) is 10.0 Å². The summed E-state index contributed by atoms with van der Waals surface area (Å²) in [6.07, 6.45) is 4.63. The highest BCUT2D eigenvalue weighted by atomic mass is 32.2. The van der Waals surface area contributed by atoms with E-state index in [0.29, 0.717) is 19.7 Å². The number of ether oxygens (including phenoxy) is 1. The van der Waals surface area contributed by atoms with Crippen LogP contribution in [0.25, 0.3) is 0 Å². The number of nitrogens with one attached hydrogen (secondary N) is 2. The lowest BCUT2D eigenvalue weighted by Gasteiger charge is -2.22. The van der Waals surface area contributed by atoms with Crippen molar-refractivity contribution in [2.24, 2.45) is 0 Å². The van der Waals surface area contributed by atoms with Gasteiger partial charge >= 0.3 is 0 Å². The number of rotatable bonds is 9. The number of piperidine rings is 1. The van der Waals surface area contributed by atoms with Crippen molar-refractivity contribution in [3.63, 3.8) is 0 Å². The number of unbranched alkanes of at least 4 members (excludes halogenated alkanes) is 1. The third-order valence-corrected chi connectivity index (χ3v) is 4.99. The van der Waals surface area contributed by atoms with Crippen LogP contribution in [-0.2, 0) is 14.8 Å². The maximum Gasteiger partial charge on any atom is 0.215 e. The topological polar surface area (TPSA) is 67.4 Å². The average molecular weight is 278 g/mol. The Bertz CT molecular complexity index is 300. The zero-order chi connectivity index (χ0) is 13.3. The van der Waals surface area contributed by atoms with Crippen LogP contribution in [0.5, 0.6) is 0 Å². The molecular formula is C12H26N2O3S. The van der Waals surface area contributed by atoms with Crippen molar-refractivity contribution < 1.29 is 13.2 Å². The first-order valence-electron chi connectivity index (χ1n) is 6.93. The predicted molar refractivity (Wildman–Crippen MR) is 73.2 cm³/mol. The van der Waals surface area contributed by atoms with Gasteiger partial charge in [-0.25, -0.2) is 13.1 Å². The molecule has 1 rings (SSSR count). The van der Waals surface area contributed by atoms with Crippen molar-refractivity contribution >= 4 is 10.0 Å². The Morgan fingerprint density at radius 1 is 1.33 bits per heavy atom. The minimum atomic E-state index is -3.15. The minimum absolute atomic E-state index is 0.271. The van der Waals surface area contributed by atoms with Gasteiger partial charge in [-0.2, -0.15) is 0 Å². The van der Waals surface area contributed by atoms with Crippen LogP contribution < -0.4 is 10.0 Å². The molecule has 0 bridgehead atoms. The van der Waals surface area contributed by atoms with Gasteiger partial charge in [0.1, 0.15) is 0 Å². The maximum atomic E-state index is 11.9. The fraction of sp³-hybridized carbons (Fsp3) is 1.00. The molecule has 1 atom stereocenters. The van der Waals surface area contributed by atoms with Crippen molar-refractivity contribution in [1.29, 1.82) is 0 Å². The molecular weight excluding hydrogens is 252 g/mol. The van der Waals surface area contributed by atoms with Crippen LogP contribution in [0.3, 0.4) is 0 Å². The molecule has 1 unspecified atom stereocenters. The number of hydrogen-bond acceptors (Lipinski definition) is 4. The van der Waals surface area contributed by atoms with E-state index < -0.39 is 10.0 Å². The molecule has 1 aliphatic rings. The molecule has 1 saturated heterocycles. The van der Waals surface area contributed by atoms with E-state index in [2.05, 4.69) is 17.0 Å². The Balaban J connectivity index is 2.09. The lowest BCUT2D eigenvalue weighted by Crippen LogP contribution is -2.44. The molecule has 5 nitrogen and oxygen atoms in total. The molecule has 0 spiro atoms. The van der Waals surface area contributed by atoms with Gasteiger partial charge in [-0.3, -0.25) is 0 Å². The minimum Gasteiger partial charge on any atom is -0.381 e. The first-order chi connectivity index (χ1) is 8.67. The van der Waals surface area contributed by atoms with E-state index in [4.69, 9.17) is 4.74 Å². The van der Waals surface area contributed by atoms with Crippen LogP contribution in [0.15, 0.2) is 0 Å². The fourth-order valence-electron chi connectivity index (χ4n) is 1.94. The molecule has 0 aromatic heterocycles. The lowest BCUT2D eigenvalue weighted by molar-refractivity contribution is 0.130. The Labute approximate surface area is 111 Å². The molecule has 0 aliphatic carbocycles. The molecule has 0 aromatic carbocycles. The van der Waals surface area contributed by atoms with E-state index in [0.717, 1.165) is 45.3 Å². The largest absolute Gasteiger partial charge is 0.381 e. The number of hydrogen-bond donors (Lipinski definition) is 2. The monoisotopic (exact) mass is 278 g/mol. The lowest BCUT2D eigenvalue weighted by atomic mass is 10.2. The van der Waals surface area contributed by atoms with E-state index in [1.807, 2.05) is 0 Å². The maximum absolute atomic E-state index is 11.9. The van der Waals surface area contributed by atoms with Crippen LogP contribution in [0.4, 0.5) is 0 Å². The summed E-state index contributed by atoms with van der Waals surface area (Å²) >= 11 is 0. The molecule has 0 radical (unpaired) electrons.